The van der Waals surface area contributed by atoms with Crippen molar-refractivity contribution in [2.24, 2.45) is 0 Å². The maximum absolute atomic E-state index is 10.8. The summed E-state index contributed by atoms with van der Waals surface area (Å²) in [5.41, 5.74) is 2.75. The van der Waals surface area contributed by atoms with Crippen LogP contribution in [0.2, 0.25) is 5.02 Å². The molecule has 0 saturated heterocycles. The van der Waals surface area contributed by atoms with Gasteiger partial charge in [-0.25, -0.2) is 9.50 Å². The summed E-state index contributed by atoms with van der Waals surface area (Å²) < 4.78 is 1.48. The fourth-order valence-corrected chi connectivity index (χ4v) is 2.12. The molecule has 5 nitrogen and oxygen atoms in total. The van der Waals surface area contributed by atoms with E-state index in [1.807, 2.05) is 25.1 Å². The van der Waals surface area contributed by atoms with Crippen molar-refractivity contribution in [3.05, 3.63) is 52.8 Å². The monoisotopic (exact) mass is 286 g/mol. The van der Waals surface area contributed by atoms with Gasteiger partial charge in [-0.15, -0.1) is 0 Å². The van der Waals surface area contributed by atoms with Crippen LogP contribution in [0.1, 0.15) is 16.2 Å². The topological polar surface area (TPSA) is 70.3 Å². The third kappa shape index (κ3) is 2.12. The van der Waals surface area contributed by atoms with Gasteiger partial charge in [-0.3, -0.25) is 0 Å². The van der Waals surface area contributed by atoms with E-state index in [1.54, 1.807) is 12.1 Å². The van der Waals surface area contributed by atoms with Gasteiger partial charge in [0.2, 0.25) is 0 Å². The zero-order valence-corrected chi connectivity index (χ0v) is 11.3. The number of carbonyl (C=O) groups excluding carboxylic acids is 1. The highest BCUT2D eigenvalue weighted by atomic mass is 35.5. The van der Waals surface area contributed by atoms with E-state index < -0.39 is 5.97 Å². The summed E-state index contributed by atoms with van der Waals surface area (Å²) in [4.78, 5) is 15.3. The fraction of sp³-hybridized carbons (Fsp3) is 0.0714. The van der Waals surface area contributed by atoms with Crippen molar-refractivity contribution in [1.29, 1.82) is 0 Å². The summed E-state index contributed by atoms with van der Waals surface area (Å²) in [5.74, 6) is -1.32. The number of aromatic nitrogens is 3. The van der Waals surface area contributed by atoms with Crippen molar-refractivity contribution in [2.45, 2.75) is 6.92 Å². The van der Waals surface area contributed by atoms with Crippen LogP contribution in [0.15, 0.2) is 36.4 Å². The number of rotatable bonds is 2. The summed E-state index contributed by atoms with van der Waals surface area (Å²) in [6, 6.07) is 10.5. The average molecular weight is 287 g/mol. The standard InChI is InChI=1S/C14H10ClN3O2/c1-8-6-11(9-2-4-10(15)5-3-9)16-13-7-12(14(19)20)17-18(8)13/h2-7H,1H3,(H,19,20)/p-1. The van der Waals surface area contributed by atoms with Crippen LogP contribution in [-0.4, -0.2) is 20.6 Å². The zero-order valence-electron chi connectivity index (χ0n) is 10.5. The van der Waals surface area contributed by atoms with Crippen molar-refractivity contribution >= 4 is 23.2 Å². The molecule has 0 atom stereocenters. The Labute approximate surface area is 119 Å². The summed E-state index contributed by atoms with van der Waals surface area (Å²) >= 11 is 5.86. The van der Waals surface area contributed by atoms with E-state index in [0.717, 1.165) is 17.0 Å². The molecular formula is C14H9ClN3O2-. The maximum Gasteiger partial charge on any atom is 0.156 e. The first-order valence-corrected chi connectivity index (χ1v) is 6.27. The normalized spacial score (nSPS) is 10.9. The zero-order chi connectivity index (χ0) is 14.3. The van der Waals surface area contributed by atoms with Gasteiger partial charge < -0.3 is 9.90 Å². The van der Waals surface area contributed by atoms with E-state index in [4.69, 9.17) is 11.6 Å². The van der Waals surface area contributed by atoms with Crippen LogP contribution in [0.5, 0.6) is 0 Å². The predicted octanol–water partition coefficient (Wildman–Crippen LogP) is 1.72. The predicted molar refractivity (Wildman–Crippen MR) is 72.5 cm³/mol. The Morgan fingerprint density at radius 2 is 1.95 bits per heavy atom. The summed E-state index contributed by atoms with van der Waals surface area (Å²) in [6.07, 6.45) is 0. The molecule has 3 aromatic rings. The highest BCUT2D eigenvalue weighted by Crippen LogP contribution is 2.21. The molecular weight excluding hydrogens is 278 g/mol. The number of fused-ring (bicyclic) bond motifs is 1. The highest BCUT2D eigenvalue weighted by Gasteiger charge is 2.09. The second-order valence-electron chi connectivity index (χ2n) is 4.38. The van der Waals surface area contributed by atoms with E-state index in [-0.39, 0.29) is 5.69 Å². The summed E-state index contributed by atoms with van der Waals surface area (Å²) in [5, 5.41) is 15.4. The molecule has 1 aromatic carbocycles. The minimum atomic E-state index is -1.32. The molecule has 0 radical (unpaired) electrons. The van der Waals surface area contributed by atoms with Gasteiger partial charge >= 0.3 is 0 Å². The van der Waals surface area contributed by atoms with E-state index >= 15 is 0 Å². The van der Waals surface area contributed by atoms with Crippen molar-refractivity contribution in [3.63, 3.8) is 0 Å². The minimum absolute atomic E-state index is 0.131. The third-order valence-corrected chi connectivity index (χ3v) is 3.21. The SMILES string of the molecule is Cc1cc(-c2ccc(Cl)cc2)nc2cc(C(=O)[O-])nn12. The smallest absolute Gasteiger partial charge is 0.156 e. The lowest BCUT2D eigenvalue weighted by molar-refractivity contribution is -0.255. The first kappa shape index (κ1) is 12.6. The van der Waals surface area contributed by atoms with Gasteiger partial charge in [0.05, 0.1) is 11.7 Å². The van der Waals surface area contributed by atoms with Gasteiger partial charge in [0.25, 0.3) is 0 Å². The Morgan fingerprint density at radius 3 is 2.60 bits per heavy atom. The number of carboxylic acids is 1. The van der Waals surface area contributed by atoms with Gasteiger partial charge in [0, 0.05) is 22.3 Å². The lowest BCUT2D eigenvalue weighted by Crippen LogP contribution is -2.22. The van der Waals surface area contributed by atoms with Crippen LogP contribution in [0, 0.1) is 6.92 Å². The number of hydrogen-bond donors (Lipinski definition) is 0. The minimum Gasteiger partial charge on any atom is -0.543 e. The van der Waals surface area contributed by atoms with Gasteiger partial charge in [-0.2, -0.15) is 5.10 Å². The largest absolute Gasteiger partial charge is 0.543 e. The molecule has 100 valence electrons. The van der Waals surface area contributed by atoms with Crippen molar-refractivity contribution < 1.29 is 9.90 Å². The lowest BCUT2D eigenvalue weighted by Gasteiger charge is -2.04. The van der Waals surface area contributed by atoms with Crippen LogP contribution in [0.3, 0.4) is 0 Å². The van der Waals surface area contributed by atoms with Crippen molar-refractivity contribution in [2.75, 3.05) is 0 Å². The number of carboxylic acid groups (broad SMARTS) is 1. The number of aryl methyl sites for hydroxylation is 1. The number of hydrogen-bond acceptors (Lipinski definition) is 4. The molecule has 2 heterocycles. The molecule has 0 aliphatic heterocycles. The summed E-state index contributed by atoms with van der Waals surface area (Å²) in [7, 11) is 0. The Bertz CT molecular complexity index is 809. The molecule has 0 saturated carbocycles. The Hall–Kier alpha value is -2.40. The van der Waals surface area contributed by atoms with Crippen molar-refractivity contribution in [3.8, 4) is 11.3 Å². The van der Waals surface area contributed by atoms with Gasteiger partial charge in [0.1, 0.15) is 5.69 Å². The Balaban J connectivity index is 2.18. The third-order valence-electron chi connectivity index (χ3n) is 2.95. The second-order valence-corrected chi connectivity index (χ2v) is 4.81. The number of carbonyl (C=O) groups is 1. The molecule has 3 rings (SSSR count). The number of halogens is 1. The summed E-state index contributed by atoms with van der Waals surface area (Å²) in [6.45, 7) is 1.83. The molecule has 0 amide bonds. The van der Waals surface area contributed by atoms with E-state index in [1.165, 1.54) is 10.6 Å². The van der Waals surface area contributed by atoms with E-state index in [2.05, 4.69) is 10.1 Å². The number of aromatic carboxylic acids is 1. The first-order valence-electron chi connectivity index (χ1n) is 5.89. The second kappa shape index (κ2) is 4.61. The molecule has 0 fully saturated rings. The van der Waals surface area contributed by atoms with Gasteiger partial charge in [0.15, 0.2) is 5.65 Å². The molecule has 2 aromatic heterocycles. The quantitative estimate of drug-likeness (QED) is 0.719. The van der Waals surface area contributed by atoms with Crippen LogP contribution >= 0.6 is 11.6 Å². The fourth-order valence-electron chi connectivity index (χ4n) is 1.99. The molecule has 0 unspecified atom stereocenters. The van der Waals surface area contributed by atoms with Crippen LogP contribution in [0.4, 0.5) is 0 Å². The highest BCUT2D eigenvalue weighted by molar-refractivity contribution is 6.30. The number of benzene rings is 1. The average Bonchev–Trinajstić information content (AvgIpc) is 2.84. The Kier molecular flexibility index (Phi) is 2.91. The molecule has 0 aliphatic rings. The molecule has 0 aliphatic carbocycles. The van der Waals surface area contributed by atoms with E-state index in [0.29, 0.717) is 10.7 Å². The number of nitrogens with zero attached hydrogens (tertiary/aromatic N) is 3. The van der Waals surface area contributed by atoms with Crippen LogP contribution < -0.4 is 5.11 Å². The van der Waals surface area contributed by atoms with Crippen LogP contribution in [0.25, 0.3) is 16.9 Å². The Morgan fingerprint density at radius 1 is 1.25 bits per heavy atom. The molecule has 0 bridgehead atoms. The first-order chi connectivity index (χ1) is 9.54. The van der Waals surface area contributed by atoms with Crippen molar-refractivity contribution in [1.82, 2.24) is 14.6 Å². The molecule has 0 N–H and O–H groups in total. The molecule has 0 spiro atoms. The van der Waals surface area contributed by atoms with Gasteiger partial charge in [-0.05, 0) is 25.1 Å². The maximum atomic E-state index is 10.8. The molecule has 6 heteroatoms. The lowest BCUT2D eigenvalue weighted by atomic mass is 10.1. The van der Waals surface area contributed by atoms with Gasteiger partial charge in [-0.1, -0.05) is 23.7 Å². The van der Waals surface area contributed by atoms with E-state index in [9.17, 15) is 9.90 Å². The van der Waals surface area contributed by atoms with Crippen LogP contribution in [-0.2, 0) is 0 Å². The molecule has 20 heavy (non-hydrogen) atoms.